The number of alkyl halides is 1. The average Bonchev–Trinajstić information content (AvgIpc) is 3.04. The highest BCUT2D eigenvalue weighted by Gasteiger charge is 2.37. The normalized spacial score (nSPS) is 20.6. The Bertz CT molecular complexity index is 1740. The predicted octanol–water partition coefficient (Wildman–Crippen LogP) is 8.56. The number of nitrogens with zero attached hydrogens (tertiary/aromatic N) is 4. The fourth-order valence-electron chi connectivity index (χ4n) is 8.08. The lowest BCUT2D eigenvalue weighted by atomic mass is 9.81. The van der Waals surface area contributed by atoms with Crippen molar-refractivity contribution in [1.29, 1.82) is 0 Å². The summed E-state index contributed by atoms with van der Waals surface area (Å²) in [5.41, 5.74) is 9.03. The SMILES string of the molecule is Cc1cc(F)ccc1CN1CCc2cc(-c3c(CN4CCCC(F)C4)nc(C)c([C@H](OC(C)(C)C)C(=O)O)c3N3CCC(C)(C)CC3)ccc2C1. The molecule has 2 aromatic carbocycles. The van der Waals surface area contributed by atoms with Gasteiger partial charge in [-0.1, -0.05) is 38.1 Å². The summed E-state index contributed by atoms with van der Waals surface area (Å²) >= 11 is 0. The molecular formula is C42H56F2N4O3. The molecule has 3 aliphatic heterocycles. The molecule has 0 radical (unpaired) electrons. The summed E-state index contributed by atoms with van der Waals surface area (Å²) < 4.78 is 34.9. The first-order valence-corrected chi connectivity index (χ1v) is 18.7. The number of fused-ring (bicyclic) bond motifs is 1. The maximum absolute atomic E-state index is 14.7. The van der Waals surface area contributed by atoms with Gasteiger partial charge in [-0.15, -0.1) is 0 Å². The second kappa shape index (κ2) is 14.9. The molecule has 2 atom stereocenters. The van der Waals surface area contributed by atoms with Gasteiger partial charge in [0.1, 0.15) is 12.0 Å². The number of likely N-dealkylation sites (tertiary alicyclic amines) is 1. The number of anilines is 1. The zero-order valence-electron chi connectivity index (χ0n) is 31.6. The van der Waals surface area contributed by atoms with Crippen LogP contribution >= 0.6 is 0 Å². The summed E-state index contributed by atoms with van der Waals surface area (Å²) in [5, 5.41) is 10.7. The third-order valence-corrected chi connectivity index (χ3v) is 11.0. The summed E-state index contributed by atoms with van der Waals surface area (Å²) in [7, 11) is 0. The lowest BCUT2D eigenvalue weighted by Gasteiger charge is -2.41. The Labute approximate surface area is 303 Å². The summed E-state index contributed by atoms with van der Waals surface area (Å²) in [5.74, 6) is -1.25. The highest BCUT2D eigenvalue weighted by molar-refractivity contribution is 5.88. The number of piperidine rings is 2. The van der Waals surface area contributed by atoms with Crippen LogP contribution in [-0.2, 0) is 35.6 Å². The standard InChI is InChI=1S/C42H56F2N4O3/c1-27-21-33(43)13-12-31(27)23-47-18-14-29-22-30(10-11-32(29)24-47)37-35(26-46-17-8-9-34(44)25-46)45-28(2)36(39(40(49)50)51-41(3,4)5)38(37)48-19-15-42(6,7)16-20-48/h10-13,21-22,34,39H,8-9,14-20,23-26H2,1-7H3,(H,49,50)/t34?,39-/m0/s1. The van der Waals surface area contributed by atoms with E-state index in [1.165, 1.54) is 17.2 Å². The molecule has 2 saturated heterocycles. The van der Waals surface area contributed by atoms with E-state index in [9.17, 15) is 18.7 Å². The fourth-order valence-corrected chi connectivity index (χ4v) is 8.08. The third-order valence-electron chi connectivity index (χ3n) is 11.0. The predicted molar refractivity (Wildman–Crippen MR) is 199 cm³/mol. The summed E-state index contributed by atoms with van der Waals surface area (Å²) in [4.78, 5) is 25.2. The molecule has 6 rings (SSSR count). The lowest BCUT2D eigenvalue weighted by Crippen LogP contribution is -2.40. The Morgan fingerprint density at radius 3 is 2.43 bits per heavy atom. The first-order chi connectivity index (χ1) is 24.1. The summed E-state index contributed by atoms with van der Waals surface area (Å²) in [6, 6.07) is 11.7. The second-order valence-electron chi connectivity index (χ2n) is 16.9. The van der Waals surface area contributed by atoms with E-state index >= 15 is 0 Å². The fraction of sp³-hybridized carbons (Fsp3) is 0.571. The Hall–Kier alpha value is -3.40. The number of carboxylic acid groups (broad SMARTS) is 1. The van der Waals surface area contributed by atoms with E-state index in [1.54, 1.807) is 6.07 Å². The van der Waals surface area contributed by atoms with Crippen LogP contribution in [0.5, 0.6) is 0 Å². The van der Waals surface area contributed by atoms with Gasteiger partial charge in [-0.05, 0) is 119 Å². The zero-order chi connectivity index (χ0) is 36.7. The number of carboxylic acids is 1. The molecule has 1 aromatic heterocycles. The Balaban J connectivity index is 1.47. The smallest absolute Gasteiger partial charge is 0.337 e. The van der Waals surface area contributed by atoms with E-state index < -0.39 is 23.8 Å². The maximum atomic E-state index is 14.7. The number of hydrogen-bond donors (Lipinski definition) is 1. The quantitative estimate of drug-likeness (QED) is 0.240. The van der Waals surface area contributed by atoms with Crippen molar-refractivity contribution >= 4 is 11.7 Å². The minimum atomic E-state index is -1.21. The summed E-state index contributed by atoms with van der Waals surface area (Å²) in [6.07, 6.45) is 2.12. The van der Waals surface area contributed by atoms with Crippen molar-refractivity contribution in [3.8, 4) is 11.1 Å². The molecule has 276 valence electrons. The zero-order valence-corrected chi connectivity index (χ0v) is 31.6. The van der Waals surface area contributed by atoms with Crippen LogP contribution < -0.4 is 4.90 Å². The van der Waals surface area contributed by atoms with Gasteiger partial charge in [-0.2, -0.15) is 0 Å². The van der Waals surface area contributed by atoms with Gasteiger partial charge in [0.2, 0.25) is 0 Å². The van der Waals surface area contributed by atoms with Gasteiger partial charge in [0, 0.05) is 62.6 Å². The van der Waals surface area contributed by atoms with Crippen LogP contribution in [0.3, 0.4) is 0 Å². The molecule has 0 spiro atoms. The van der Waals surface area contributed by atoms with Gasteiger partial charge in [-0.3, -0.25) is 14.8 Å². The molecule has 1 N–H and O–H groups in total. The molecule has 51 heavy (non-hydrogen) atoms. The molecule has 2 fully saturated rings. The number of ether oxygens (including phenoxy) is 1. The highest BCUT2D eigenvalue weighted by atomic mass is 19.1. The Morgan fingerprint density at radius 1 is 1.02 bits per heavy atom. The van der Waals surface area contributed by atoms with Gasteiger partial charge >= 0.3 is 5.97 Å². The molecule has 9 heteroatoms. The minimum absolute atomic E-state index is 0.184. The molecular weight excluding hydrogens is 646 g/mol. The van der Waals surface area contributed by atoms with Crippen LogP contribution in [0.2, 0.25) is 0 Å². The topological polar surface area (TPSA) is 69.1 Å². The first-order valence-electron chi connectivity index (χ1n) is 18.7. The third kappa shape index (κ3) is 8.81. The van der Waals surface area contributed by atoms with Crippen molar-refractivity contribution < 1.29 is 23.4 Å². The van der Waals surface area contributed by atoms with Crippen LogP contribution in [0, 0.1) is 25.1 Å². The molecule has 4 heterocycles. The monoisotopic (exact) mass is 702 g/mol. The van der Waals surface area contributed by atoms with Gasteiger partial charge < -0.3 is 14.7 Å². The number of benzene rings is 2. The number of aryl methyl sites for hydroxylation is 2. The summed E-state index contributed by atoms with van der Waals surface area (Å²) in [6.45, 7) is 19.8. The van der Waals surface area contributed by atoms with Crippen molar-refractivity contribution in [2.45, 2.75) is 118 Å². The molecule has 0 bridgehead atoms. The number of pyridine rings is 1. The number of carbonyl (C=O) groups is 1. The molecule has 0 amide bonds. The van der Waals surface area contributed by atoms with Crippen molar-refractivity contribution in [2.75, 3.05) is 37.6 Å². The van der Waals surface area contributed by atoms with Gasteiger partial charge in [-0.25, -0.2) is 13.6 Å². The number of aromatic nitrogens is 1. The van der Waals surface area contributed by atoms with E-state index in [0.717, 1.165) is 98.6 Å². The average molecular weight is 703 g/mol. The molecule has 7 nitrogen and oxygen atoms in total. The van der Waals surface area contributed by atoms with Crippen molar-refractivity contribution in [3.63, 3.8) is 0 Å². The van der Waals surface area contributed by atoms with Crippen molar-refractivity contribution in [1.82, 2.24) is 14.8 Å². The number of hydrogen-bond acceptors (Lipinski definition) is 6. The largest absolute Gasteiger partial charge is 0.479 e. The number of rotatable bonds is 9. The molecule has 3 aliphatic rings. The molecule has 1 unspecified atom stereocenters. The number of aliphatic carboxylic acids is 1. The van der Waals surface area contributed by atoms with Gasteiger partial charge in [0.15, 0.2) is 6.10 Å². The molecule has 3 aromatic rings. The van der Waals surface area contributed by atoms with Crippen LogP contribution in [0.1, 0.15) is 106 Å². The van der Waals surface area contributed by atoms with E-state index in [-0.39, 0.29) is 11.2 Å². The minimum Gasteiger partial charge on any atom is -0.479 e. The van der Waals surface area contributed by atoms with E-state index in [0.29, 0.717) is 30.8 Å². The lowest BCUT2D eigenvalue weighted by molar-refractivity contribution is -0.160. The molecule has 0 saturated carbocycles. The van der Waals surface area contributed by atoms with Crippen LogP contribution in [0.25, 0.3) is 11.1 Å². The van der Waals surface area contributed by atoms with Crippen LogP contribution in [0.4, 0.5) is 14.5 Å². The Kier molecular flexibility index (Phi) is 10.9. The van der Waals surface area contributed by atoms with E-state index in [1.807, 2.05) is 40.7 Å². The van der Waals surface area contributed by atoms with E-state index in [4.69, 9.17) is 9.72 Å². The molecule has 0 aliphatic carbocycles. The van der Waals surface area contributed by atoms with Gasteiger partial charge in [0.05, 0.1) is 17.0 Å². The van der Waals surface area contributed by atoms with Gasteiger partial charge in [0.25, 0.3) is 0 Å². The number of halogens is 2. The second-order valence-corrected chi connectivity index (χ2v) is 16.9. The van der Waals surface area contributed by atoms with E-state index in [2.05, 4.69) is 46.7 Å². The van der Waals surface area contributed by atoms with Crippen LogP contribution in [-0.4, -0.2) is 70.4 Å². The van der Waals surface area contributed by atoms with Crippen molar-refractivity contribution in [2.24, 2.45) is 5.41 Å². The highest BCUT2D eigenvalue weighted by Crippen LogP contribution is 2.46. The van der Waals surface area contributed by atoms with Crippen molar-refractivity contribution in [3.05, 3.63) is 81.4 Å². The first kappa shape index (κ1) is 37.4. The maximum Gasteiger partial charge on any atom is 0.337 e. The van der Waals surface area contributed by atoms with Crippen LogP contribution in [0.15, 0.2) is 36.4 Å². The Morgan fingerprint density at radius 2 is 1.76 bits per heavy atom.